The van der Waals surface area contributed by atoms with Crippen LogP contribution in [0.25, 0.3) is 5.69 Å². The predicted octanol–water partition coefficient (Wildman–Crippen LogP) is 1.45. The van der Waals surface area contributed by atoms with E-state index in [1.807, 2.05) is 6.07 Å². The van der Waals surface area contributed by atoms with Crippen molar-refractivity contribution in [3.8, 4) is 11.4 Å². The molecule has 3 aromatic rings. The van der Waals surface area contributed by atoms with Gasteiger partial charge in [0.15, 0.2) is 5.69 Å². The molecule has 1 aromatic heterocycles. The third-order valence-electron chi connectivity index (χ3n) is 4.05. The van der Waals surface area contributed by atoms with Crippen LogP contribution in [0.5, 0.6) is 5.75 Å². The Morgan fingerprint density at radius 3 is 2.45 bits per heavy atom. The van der Waals surface area contributed by atoms with Crippen molar-refractivity contribution in [1.29, 1.82) is 0 Å². The number of ether oxygens (including phenoxy) is 1. The van der Waals surface area contributed by atoms with Crippen LogP contribution in [0.3, 0.4) is 0 Å². The van der Waals surface area contributed by atoms with Gasteiger partial charge >= 0.3 is 0 Å². The van der Waals surface area contributed by atoms with E-state index < -0.39 is 21.4 Å². The lowest BCUT2D eigenvalue weighted by molar-refractivity contribution is 0.101. The molecule has 9 nitrogen and oxygen atoms in total. The van der Waals surface area contributed by atoms with Crippen molar-refractivity contribution in [3.63, 3.8) is 0 Å². The molecular weight excluding hydrogens is 396 g/mol. The van der Waals surface area contributed by atoms with Crippen LogP contribution >= 0.6 is 0 Å². The van der Waals surface area contributed by atoms with Crippen LogP contribution in [0, 0.1) is 6.92 Å². The first-order valence-electron chi connectivity index (χ1n) is 8.39. The smallest absolute Gasteiger partial charge is 0.280 e. The number of aromatic nitrogens is 2. The summed E-state index contributed by atoms with van der Waals surface area (Å²) < 4.78 is 29.9. The summed E-state index contributed by atoms with van der Waals surface area (Å²) in [5.41, 5.74) is 0.450. The van der Waals surface area contributed by atoms with Crippen molar-refractivity contribution < 1.29 is 17.9 Å². The van der Waals surface area contributed by atoms with Crippen molar-refractivity contribution in [2.75, 3.05) is 12.4 Å². The number of nitrogens with one attached hydrogen (secondary N) is 1. The van der Waals surface area contributed by atoms with E-state index in [1.165, 1.54) is 30.0 Å². The topological polar surface area (TPSA) is 133 Å². The van der Waals surface area contributed by atoms with Gasteiger partial charge in [0, 0.05) is 17.4 Å². The van der Waals surface area contributed by atoms with Crippen LogP contribution < -0.4 is 20.6 Å². The molecule has 0 aliphatic carbocycles. The SMILES string of the molecule is COc1ccc(NC(=O)c2nn(-c3ccccc3)c(C)cc2=O)cc1S(N)(=O)=O. The number of carbonyl (C=O) groups excluding carboxylic acids is 1. The zero-order valence-electron chi connectivity index (χ0n) is 15.6. The van der Waals surface area contributed by atoms with Crippen LogP contribution in [0.1, 0.15) is 16.2 Å². The van der Waals surface area contributed by atoms with Crippen LogP contribution in [0.15, 0.2) is 64.3 Å². The summed E-state index contributed by atoms with van der Waals surface area (Å²) in [4.78, 5) is 24.7. The number of amides is 1. The minimum atomic E-state index is -4.08. The lowest BCUT2D eigenvalue weighted by Gasteiger charge is -2.12. The summed E-state index contributed by atoms with van der Waals surface area (Å²) in [5.74, 6) is -0.754. The third-order valence-corrected chi connectivity index (χ3v) is 4.98. The Bertz CT molecular complexity index is 1240. The fraction of sp³-hybridized carbons (Fsp3) is 0.105. The Labute approximate surface area is 166 Å². The highest BCUT2D eigenvalue weighted by Crippen LogP contribution is 2.26. The van der Waals surface area contributed by atoms with Crippen molar-refractivity contribution in [3.05, 3.63) is 76.2 Å². The molecule has 29 heavy (non-hydrogen) atoms. The van der Waals surface area contributed by atoms with E-state index in [0.29, 0.717) is 11.4 Å². The summed E-state index contributed by atoms with van der Waals surface area (Å²) in [6.07, 6.45) is 0. The molecule has 0 radical (unpaired) electrons. The number of hydrogen-bond donors (Lipinski definition) is 2. The molecule has 1 amide bonds. The lowest BCUT2D eigenvalue weighted by Crippen LogP contribution is -2.27. The molecule has 0 saturated heterocycles. The quantitative estimate of drug-likeness (QED) is 0.649. The molecule has 10 heteroatoms. The van der Waals surface area contributed by atoms with Crippen LogP contribution in [-0.2, 0) is 10.0 Å². The summed E-state index contributed by atoms with van der Waals surface area (Å²) >= 11 is 0. The van der Waals surface area contributed by atoms with Crippen molar-refractivity contribution >= 4 is 21.6 Å². The zero-order chi connectivity index (χ0) is 21.2. The number of sulfonamides is 1. The number of hydrogen-bond acceptors (Lipinski definition) is 6. The number of nitrogens with zero attached hydrogens (tertiary/aromatic N) is 2. The summed E-state index contributed by atoms with van der Waals surface area (Å²) in [7, 11) is -2.79. The van der Waals surface area contributed by atoms with Crippen molar-refractivity contribution in [2.45, 2.75) is 11.8 Å². The maximum Gasteiger partial charge on any atom is 0.280 e. The second-order valence-corrected chi connectivity index (χ2v) is 7.64. The molecular formula is C19H18N4O5S. The lowest BCUT2D eigenvalue weighted by atomic mass is 10.2. The maximum atomic E-state index is 12.6. The first-order chi connectivity index (χ1) is 13.7. The summed E-state index contributed by atoms with van der Waals surface area (Å²) in [5, 5.41) is 11.8. The van der Waals surface area contributed by atoms with Gasteiger partial charge in [-0.25, -0.2) is 18.2 Å². The molecule has 0 spiro atoms. The van der Waals surface area contributed by atoms with Crippen LogP contribution in [0.4, 0.5) is 5.69 Å². The second kappa shape index (κ2) is 7.86. The number of anilines is 1. The number of benzene rings is 2. The highest BCUT2D eigenvalue weighted by atomic mass is 32.2. The molecule has 0 aliphatic heterocycles. The Balaban J connectivity index is 1.99. The van der Waals surface area contributed by atoms with Gasteiger partial charge in [-0.05, 0) is 37.3 Å². The van der Waals surface area contributed by atoms with Crippen LogP contribution in [0.2, 0.25) is 0 Å². The molecule has 0 bridgehead atoms. The summed E-state index contributed by atoms with van der Waals surface area (Å²) in [6.45, 7) is 1.70. The van der Waals surface area contributed by atoms with Gasteiger partial charge in [0.25, 0.3) is 5.91 Å². The van der Waals surface area contributed by atoms with E-state index in [0.717, 1.165) is 6.07 Å². The van der Waals surface area contributed by atoms with Gasteiger partial charge in [-0.3, -0.25) is 9.59 Å². The van der Waals surface area contributed by atoms with E-state index in [9.17, 15) is 18.0 Å². The van der Waals surface area contributed by atoms with E-state index in [2.05, 4.69) is 10.4 Å². The van der Waals surface area contributed by atoms with Gasteiger partial charge in [-0.15, -0.1) is 0 Å². The molecule has 0 fully saturated rings. The minimum Gasteiger partial charge on any atom is -0.495 e. The molecule has 3 rings (SSSR count). The average molecular weight is 414 g/mol. The number of para-hydroxylation sites is 1. The van der Waals surface area contributed by atoms with E-state index in [1.54, 1.807) is 31.2 Å². The molecule has 150 valence electrons. The molecule has 0 saturated carbocycles. The number of methoxy groups -OCH3 is 1. The monoisotopic (exact) mass is 414 g/mol. The third kappa shape index (κ3) is 4.33. The molecule has 0 unspecified atom stereocenters. The highest BCUT2D eigenvalue weighted by Gasteiger charge is 2.19. The van der Waals surface area contributed by atoms with Gasteiger partial charge < -0.3 is 10.1 Å². The molecule has 0 atom stereocenters. The number of rotatable bonds is 5. The number of aryl methyl sites for hydroxylation is 1. The van der Waals surface area contributed by atoms with Gasteiger partial charge in [0.1, 0.15) is 10.6 Å². The first-order valence-corrected chi connectivity index (χ1v) is 9.94. The second-order valence-electron chi connectivity index (χ2n) is 6.11. The number of nitrogens with two attached hydrogens (primary N) is 1. The zero-order valence-corrected chi connectivity index (χ0v) is 16.4. The average Bonchev–Trinajstić information content (AvgIpc) is 2.68. The van der Waals surface area contributed by atoms with E-state index in [4.69, 9.17) is 9.88 Å². The summed E-state index contributed by atoms with van der Waals surface area (Å²) in [6, 6.07) is 14.2. The van der Waals surface area contributed by atoms with E-state index in [-0.39, 0.29) is 22.0 Å². The normalized spacial score (nSPS) is 11.1. The molecule has 0 aliphatic rings. The highest BCUT2D eigenvalue weighted by molar-refractivity contribution is 7.89. The number of carbonyl (C=O) groups is 1. The number of primary sulfonamides is 1. The maximum absolute atomic E-state index is 12.6. The van der Waals surface area contributed by atoms with Crippen LogP contribution in [-0.4, -0.2) is 31.2 Å². The molecule has 1 heterocycles. The van der Waals surface area contributed by atoms with Crippen molar-refractivity contribution in [1.82, 2.24) is 9.78 Å². The fourth-order valence-electron chi connectivity index (χ4n) is 2.70. The minimum absolute atomic E-state index is 0.0328. The molecule has 3 N–H and O–H groups in total. The first kappa shape index (κ1) is 20.2. The Morgan fingerprint density at radius 2 is 1.83 bits per heavy atom. The van der Waals surface area contributed by atoms with Gasteiger partial charge in [-0.1, -0.05) is 18.2 Å². The van der Waals surface area contributed by atoms with Gasteiger partial charge in [-0.2, -0.15) is 5.10 Å². The Hall–Kier alpha value is -3.50. The fourth-order valence-corrected chi connectivity index (χ4v) is 3.43. The van der Waals surface area contributed by atoms with Gasteiger partial charge in [0.05, 0.1) is 12.8 Å². The Morgan fingerprint density at radius 1 is 1.14 bits per heavy atom. The molecule has 2 aromatic carbocycles. The standard InChI is InChI=1S/C19H18N4O5S/c1-12-10-15(24)18(22-23(12)14-6-4-3-5-7-14)19(25)21-13-8-9-16(28-2)17(11-13)29(20,26)27/h3-11H,1-2H3,(H,21,25)(H2,20,26,27). The largest absolute Gasteiger partial charge is 0.495 e. The predicted molar refractivity (Wildman–Crippen MR) is 107 cm³/mol. The van der Waals surface area contributed by atoms with Gasteiger partial charge in [0.2, 0.25) is 15.5 Å². The van der Waals surface area contributed by atoms with E-state index >= 15 is 0 Å². The Kier molecular flexibility index (Phi) is 5.48. The van der Waals surface area contributed by atoms with Crippen molar-refractivity contribution in [2.24, 2.45) is 5.14 Å².